The van der Waals surface area contributed by atoms with Crippen LogP contribution in [0, 0.1) is 5.92 Å². The lowest BCUT2D eigenvalue weighted by molar-refractivity contribution is 0.189. The van der Waals surface area contributed by atoms with Gasteiger partial charge >= 0.3 is 0 Å². The Morgan fingerprint density at radius 1 is 1.69 bits per heavy atom. The number of aliphatic hydroxyl groups is 1. The third-order valence-corrected chi connectivity index (χ3v) is 2.70. The summed E-state index contributed by atoms with van der Waals surface area (Å²) in [7, 11) is 1.79. The summed E-state index contributed by atoms with van der Waals surface area (Å²) in [4.78, 5) is 4.03. The molecular formula is C9H19N3O. The number of aliphatic hydroxyl groups excluding tert-OH is 1. The van der Waals surface area contributed by atoms with Crippen LogP contribution < -0.4 is 10.6 Å². The Morgan fingerprint density at radius 3 is 3.08 bits per heavy atom. The lowest BCUT2D eigenvalue weighted by atomic mass is 9.88. The molecule has 0 saturated carbocycles. The Kier molecular flexibility index (Phi) is 4.35. The van der Waals surface area contributed by atoms with Gasteiger partial charge in [-0.3, -0.25) is 10.3 Å². The maximum absolute atomic E-state index is 8.79. The normalized spacial score (nSPS) is 35.5. The van der Waals surface area contributed by atoms with E-state index in [9.17, 15) is 0 Å². The molecule has 1 heterocycles. The monoisotopic (exact) mass is 185 g/mol. The van der Waals surface area contributed by atoms with Crippen LogP contribution in [0.2, 0.25) is 0 Å². The summed E-state index contributed by atoms with van der Waals surface area (Å²) in [6, 6.07) is 0.733. The van der Waals surface area contributed by atoms with Crippen LogP contribution in [0.1, 0.15) is 13.3 Å². The molecule has 3 unspecified atom stereocenters. The summed E-state index contributed by atoms with van der Waals surface area (Å²) in [5, 5.41) is 15.3. The van der Waals surface area contributed by atoms with Crippen molar-refractivity contribution in [3.63, 3.8) is 0 Å². The highest BCUT2D eigenvalue weighted by Gasteiger charge is 2.27. The van der Waals surface area contributed by atoms with Crippen molar-refractivity contribution in [2.45, 2.75) is 25.4 Å². The fraction of sp³-hybridized carbons (Fsp3) is 0.889. The molecule has 1 rings (SSSR count). The van der Waals surface area contributed by atoms with E-state index in [4.69, 9.17) is 5.11 Å². The highest BCUT2D eigenvalue weighted by molar-refractivity contribution is 5.65. The number of piperidine rings is 1. The van der Waals surface area contributed by atoms with Gasteiger partial charge < -0.3 is 10.4 Å². The zero-order chi connectivity index (χ0) is 9.68. The van der Waals surface area contributed by atoms with Crippen molar-refractivity contribution in [1.82, 2.24) is 10.6 Å². The summed E-state index contributed by atoms with van der Waals surface area (Å²) in [5.74, 6) is 0.476. The summed E-state index contributed by atoms with van der Waals surface area (Å²) in [5.41, 5.74) is 0. The van der Waals surface area contributed by atoms with Crippen LogP contribution >= 0.6 is 0 Å². The Hall–Kier alpha value is -0.450. The van der Waals surface area contributed by atoms with Crippen molar-refractivity contribution in [1.29, 1.82) is 0 Å². The van der Waals surface area contributed by atoms with Gasteiger partial charge in [0.1, 0.15) is 0 Å². The minimum atomic E-state index is 0.0605. The maximum atomic E-state index is 8.79. The third kappa shape index (κ3) is 2.76. The first-order valence-corrected chi connectivity index (χ1v) is 4.79. The van der Waals surface area contributed by atoms with Crippen LogP contribution in [0.3, 0.4) is 0 Å². The highest BCUT2D eigenvalue weighted by Crippen LogP contribution is 2.15. The van der Waals surface area contributed by atoms with Gasteiger partial charge in [-0.25, -0.2) is 0 Å². The molecule has 3 N–H and O–H groups in total. The molecule has 4 nitrogen and oxygen atoms in total. The molecule has 0 radical (unpaired) electrons. The Morgan fingerprint density at radius 2 is 2.46 bits per heavy atom. The van der Waals surface area contributed by atoms with E-state index < -0.39 is 0 Å². The molecule has 1 aliphatic rings. The van der Waals surface area contributed by atoms with Gasteiger partial charge in [0, 0.05) is 25.3 Å². The summed E-state index contributed by atoms with van der Waals surface area (Å²) >= 11 is 0. The zero-order valence-electron chi connectivity index (χ0n) is 8.33. The van der Waals surface area contributed by atoms with Crippen LogP contribution in [-0.4, -0.2) is 43.7 Å². The first kappa shape index (κ1) is 10.6. The van der Waals surface area contributed by atoms with Crippen molar-refractivity contribution >= 4 is 6.21 Å². The lowest BCUT2D eigenvalue weighted by Crippen LogP contribution is -2.53. The van der Waals surface area contributed by atoms with Crippen LogP contribution in [0.5, 0.6) is 0 Å². The van der Waals surface area contributed by atoms with Gasteiger partial charge in [0.15, 0.2) is 0 Å². The van der Waals surface area contributed by atoms with Gasteiger partial charge in [-0.15, -0.1) is 0 Å². The molecule has 0 aromatic heterocycles. The summed E-state index contributed by atoms with van der Waals surface area (Å²) in [6.45, 7) is 3.22. The van der Waals surface area contributed by atoms with Crippen molar-refractivity contribution in [2.24, 2.45) is 10.9 Å². The third-order valence-electron chi connectivity index (χ3n) is 2.70. The second-order valence-electron chi connectivity index (χ2n) is 3.50. The molecule has 0 amide bonds. The molecular weight excluding hydrogens is 166 g/mol. The fourth-order valence-electron chi connectivity index (χ4n) is 1.86. The van der Waals surface area contributed by atoms with E-state index in [0.29, 0.717) is 18.0 Å². The Bertz CT molecular complexity index is 170. The first-order chi connectivity index (χ1) is 6.29. The summed E-state index contributed by atoms with van der Waals surface area (Å²) < 4.78 is 0. The zero-order valence-corrected chi connectivity index (χ0v) is 8.33. The Balaban J connectivity index is 2.49. The molecule has 1 saturated heterocycles. The number of nitrogens with zero attached hydrogens (tertiary/aromatic N) is 1. The maximum Gasteiger partial charge on any atom is 0.0933 e. The molecule has 1 aliphatic heterocycles. The van der Waals surface area contributed by atoms with E-state index in [-0.39, 0.29) is 6.73 Å². The SMILES string of the molecule is C/N=C\C1NCCC(NCO)C1C. The lowest BCUT2D eigenvalue weighted by Gasteiger charge is -2.35. The topological polar surface area (TPSA) is 56.7 Å². The predicted octanol–water partition coefficient (Wildman–Crippen LogP) is -0.407. The highest BCUT2D eigenvalue weighted by atomic mass is 16.3. The second-order valence-corrected chi connectivity index (χ2v) is 3.50. The van der Waals surface area contributed by atoms with Crippen molar-refractivity contribution in [2.75, 3.05) is 20.3 Å². The molecule has 1 fully saturated rings. The quantitative estimate of drug-likeness (QED) is 0.414. The number of aliphatic imine (C=N–C) groups is 1. The van der Waals surface area contributed by atoms with E-state index in [2.05, 4.69) is 22.5 Å². The minimum absolute atomic E-state index is 0.0605. The molecule has 76 valence electrons. The van der Waals surface area contributed by atoms with Crippen LogP contribution in [-0.2, 0) is 0 Å². The average Bonchev–Trinajstić information content (AvgIpc) is 2.13. The van der Waals surface area contributed by atoms with E-state index >= 15 is 0 Å². The van der Waals surface area contributed by atoms with E-state index in [1.54, 1.807) is 7.05 Å². The average molecular weight is 185 g/mol. The number of nitrogens with one attached hydrogen (secondary N) is 2. The smallest absolute Gasteiger partial charge is 0.0933 e. The first-order valence-electron chi connectivity index (χ1n) is 4.79. The Labute approximate surface area is 79.4 Å². The van der Waals surface area contributed by atoms with Crippen LogP contribution in [0.25, 0.3) is 0 Å². The van der Waals surface area contributed by atoms with Gasteiger partial charge in [0.2, 0.25) is 0 Å². The molecule has 0 spiro atoms. The van der Waals surface area contributed by atoms with E-state index in [1.807, 2.05) is 6.21 Å². The van der Waals surface area contributed by atoms with Gasteiger partial charge in [0.25, 0.3) is 0 Å². The second kappa shape index (κ2) is 5.32. The predicted molar refractivity (Wildman–Crippen MR) is 54.0 cm³/mol. The molecule has 0 aromatic rings. The van der Waals surface area contributed by atoms with Crippen LogP contribution in [0.15, 0.2) is 4.99 Å². The van der Waals surface area contributed by atoms with Gasteiger partial charge in [-0.2, -0.15) is 0 Å². The van der Waals surface area contributed by atoms with E-state index in [0.717, 1.165) is 13.0 Å². The molecule has 0 aliphatic carbocycles. The number of rotatable bonds is 3. The van der Waals surface area contributed by atoms with Gasteiger partial charge in [-0.1, -0.05) is 6.92 Å². The molecule has 3 atom stereocenters. The van der Waals surface area contributed by atoms with E-state index in [1.165, 1.54) is 0 Å². The number of hydrogen-bond donors (Lipinski definition) is 3. The van der Waals surface area contributed by atoms with Gasteiger partial charge in [0.05, 0.1) is 6.73 Å². The van der Waals surface area contributed by atoms with Crippen LogP contribution in [0.4, 0.5) is 0 Å². The summed E-state index contributed by atoms with van der Waals surface area (Å²) in [6.07, 6.45) is 3.01. The standard InChI is InChI=1S/C9H19N3O/c1-7-8(12-6-13)3-4-11-9(7)5-10-2/h5,7-9,11-13H,3-4,6H2,1-2H3/b10-5-. The minimum Gasteiger partial charge on any atom is -0.381 e. The van der Waals surface area contributed by atoms with Gasteiger partial charge in [-0.05, 0) is 18.9 Å². The van der Waals surface area contributed by atoms with Crippen molar-refractivity contribution < 1.29 is 5.11 Å². The van der Waals surface area contributed by atoms with Crippen molar-refractivity contribution in [3.05, 3.63) is 0 Å². The molecule has 0 bridgehead atoms. The van der Waals surface area contributed by atoms with Crippen molar-refractivity contribution in [3.8, 4) is 0 Å². The molecule has 0 aromatic carbocycles. The largest absolute Gasteiger partial charge is 0.381 e. The fourth-order valence-corrected chi connectivity index (χ4v) is 1.86. The molecule has 13 heavy (non-hydrogen) atoms. The number of hydrogen-bond acceptors (Lipinski definition) is 4. The molecule has 4 heteroatoms.